The highest BCUT2D eigenvalue weighted by molar-refractivity contribution is 5.66. The van der Waals surface area contributed by atoms with Crippen LogP contribution >= 0.6 is 0 Å². The van der Waals surface area contributed by atoms with Gasteiger partial charge in [-0.1, -0.05) is 6.92 Å². The molecule has 0 aromatic rings. The molecular formula is C5H12N2O2. The Bertz CT molecular complexity index is 85.0. The van der Waals surface area contributed by atoms with E-state index in [9.17, 15) is 4.79 Å². The van der Waals surface area contributed by atoms with Crippen molar-refractivity contribution in [3.05, 3.63) is 0 Å². The lowest BCUT2D eigenvalue weighted by Crippen LogP contribution is -2.34. The van der Waals surface area contributed by atoms with Crippen LogP contribution in [0.3, 0.4) is 0 Å². The van der Waals surface area contributed by atoms with Gasteiger partial charge in [-0.25, -0.2) is 10.2 Å². The molecular weight excluding hydrogens is 120 g/mol. The quantitative estimate of drug-likeness (QED) is 0.541. The predicted octanol–water partition coefficient (Wildman–Crippen LogP) is 0.257. The molecule has 0 rings (SSSR count). The molecule has 0 unspecified atom stereocenters. The third kappa shape index (κ3) is 5.10. The second-order valence-corrected chi connectivity index (χ2v) is 1.51. The summed E-state index contributed by atoms with van der Waals surface area (Å²) in [7, 11) is 1.60. The highest BCUT2D eigenvalue weighted by atomic mass is 16.6. The van der Waals surface area contributed by atoms with E-state index in [4.69, 9.17) is 0 Å². The van der Waals surface area contributed by atoms with Crippen molar-refractivity contribution in [1.82, 2.24) is 10.9 Å². The van der Waals surface area contributed by atoms with Gasteiger partial charge in [0.1, 0.15) is 0 Å². The van der Waals surface area contributed by atoms with E-state index in [1.54, 1.807) is 7.05 Å². The van der Waals surface area contributed by atoms with Gasteiger partial charge in [0.2, 0.25) is 0 Å². The van der Waals surface area contributed by atoms with Gasteiger partial charge in [-0.05, 0) is 6.42 Å². The molecule has 0 aliphatic carbocycles. The first-order valence-corrected chi connectivity index (χ1v) is 2.90. The topological polar surface area (TPSA) is 50.4 Å². The van der Waals surface area contributed by atoms with Crippen LogP contribution in [-0.4, -0.2) is 19.7 Å². The Kier molecular flexibility index (Phi) is 4.91. The van der Waals surface area contributed by atoms with Crippen LogP contribution in [0.4, 0.5) is 4.79 Å². The number of amides is 1. The summed E-state index contributed by atoms with van der Waals surface area (Å²) < 4.78 is 4.62. The first-order chi connectivity index (χ1) is 4.31. The minimum absolute atomic E-state index is 0.431. The summed E-state index contributed by atoms with van der Waals surface area (Å²) in [6.07, 6.45) is 0.413. The molecule has 54 valence electrons. The van der Waals surface area contributed by atoms with E-state index >= 15 is 0 Å². The van der Waals surface area contributed by atoms with Gasteiger partial charge in [0.15, 0.2) is 0 Å². The van der Waals surface area contributed by atoms with Crippen LogP contribution in [0.1, 0.15) is 13.3 Å². The van der Waals surface area contributed by atoms with Gasteiger partial charge in [0.25, 0.3) is 0 Å². The fraction of sp³-hybridized carbons (Fsp3) is 0.800. The fourth-order valence-corrected chi connectivity index (χ4v) is 0.333. The second kappa shape index (κ2) is 5.37. The predicted molar refractivity (Wildman–Crippen MR) is 33.8 cm³/mol. The van der Waals surface area contributed by atoms with E-state index in [1.165, 1.54) is 0 Å². The van der Waals surface area contributed by atoms with E-state index in [0.717, 1.165) is 6.42 Å². The molecule has 0 bridgehead atoms. The maximum atomic E-state index is 10.4. The summed E-state index contributed by atoms with van der Waals surface area (Å²) in [6, 6.07) is 0. The first kappa shape index (κ1) is 8.23. The molecule has 0 atom stereocenters. The highest BCUT2D eigenvalue weighted by Gasteiger charge is 1.94. The number of ether oxygens (including phenoxy) is 1. The maximum absolute atomic E-state index is 10.4. The van der Waals surface area contributed by atoms with Crippen molar-refractivity contribution in [2.24, 2.45) is 0 Å². The van der Waals surface area contributed by atoms with Crippen molar-refractivity contribution in [1.29, 1.82) is 0 Å². The lowest BCUT2D eigenvalue weighted by molar-refractivity contribution is 0.142. The van der Waals surface area contributed by atoms with Crippen molar-refractivity contribution in [2.45, 2.75) is 13.3 Å². The number of carbonyl (C=O) groups excluding carboxylic acids is 1. The van der Waals surface area contributed by atoms with Gasteiger partial charge in [0, 0.05) is 7.05 Å². The molecule has 9 heavy (non-hydrogen) atoms. The molecule has 0 aromatic heterocycles. The summed E-state index contributed by atoms with van der Waals surface area (Å²) in [5.74, 6) is 0. The van der Waals surface area contributed by atoms with Crippen LogP contribution in [0, 0.1) is 0 Å². The molecule has 0 aliphatic heterocycles. The Morgan fingerprint density at radius 2 is 2.33 bits per heavy atom. The SMILES string of the molecule is CCCOC(=O)NNC. The Hall–Kier alpha value is -0.770. The standard InChI is InChI=1S/C5H12N2O2/c1-3-4-9-5(8)7-6-2/h6H,3-4H2,1-2H3,(H,7,8). The molecule has 2 N–H and O–H groups in total. The monoisotopic (exact) mass is 132 g/mol. The second-order valence-electron chi connectivity index (χ2n) is 1.51. The third-order valence-corrected chi connectivity index (χ3v) is 0.664. The van der Waals surface area contributed by atoms with E-state index in [2.05, 4.69) is 15.6 Å². The highest BCUT2D eigenvalue weighted by Crippen LogP contribution is 1.78. The molecule has 4 heteroatoms. The third-order valence-electron chi connectivity index (χ3n) is 0.664. The number of nitrogens with one attached hydrogen (secondary N) is 2. The summed E-state index contributed by atoms with van der Waals surface area (Å²) >= 11 is 0. The maximum Gasteiger partial charge on any atom is 0.421 e. The normalized spacial score (nSPS) is 8.67. The van der Waals surface area contributed by atoms with Crippen LogP contribution in [-0.2, 0) is 4.74 Å². The molecule has 0 aliphatic rings. The smallest absolute Gasteiger partial charge is 0.421 e. The van der Waals surface area contributed by atoms with Crippen molar-refractivity contribution in [2.75, 3.05) is 13.7 Å². The summed E-state index contributed by atoms with van der Waals surface area (Å²) in [6.45, 7) is 2.40. The molecule has 0 spiro atoms. The average molecular weight is 132 g/mol. The number of hydrazine groups is 1. The van der Waals surface area contributed by atoms with Crippen LogP contribution in [0.5, 0.6) is 0 Å². The molecule has 0 fully saturated rings. The van der Waals surface area contributed by atoms with Crippen molar-refractivity contribution < 1.29 is 9.53 Å². The van der Waals surface area contributed by atoms with Crippen LogP contribution in [0.15, 0.2) is 0 Å². The van der Waals surface area contributed by atoms with E-state index < -0.39 is 6.09 Å². The number of hydrogen-bond donors (Lipinski definition) is 2. The molecule has 0 heterocycles. The Balaban J connectivity index is 3.06. The lowest BCUT2D eigenvalue weighted by Gasteiger charge is -2.02. The molecule has 4 nitrogen and oxygen atoms in total. The number of carbonyl (C=O) groups is 1. The van der Waals surface area contributed by atoms with E-state index in [-0.39, 0.29) is 0 Å². The minimum atomic E-state index is -0.431. The van der Waals surface area contributed by atoms with Crippen LogP contribution in [0.2, 0.25) is 0 Å². The summed E-state index contributed by atoms with van der Waals surface area (Å²) in [5.41, 5.74) is 4.72. The van der Waals surface area contributed by atoms with Gasteiger partial charge < -0.3 is 4.74 Å². The van der Waals surface area contributed by atoms with Gasteiger partial charge in [-0.15, -0.1) is 0 Å². The molecule has 0 saturated heterocycles. The molecule has 0 radical (unpaired) electrons. The van der Waals surface area contributed by atoms with Crippen molar-refractivity contribution in [3.63, 3.8) is 0 Å². The Morgan fingerprint density at radius 3 is 2.78 bits per heavy atom. The Morgan fingerprint density at radius 1 is 1.67 bits per heavy atom. The van der Waals surface area contributed by atoms with Gasteiger partial charge in [-0.3, -0.25) is 5.43 Å². The Labute approximate surface area is 54.5 Å². The van der Waals surface area contributed by atoms with Crippen LogP contribution in [0.25, 0.3) is 0 Å². The van der Waals surface area contributed by atoms with E-state index in [1.807, 2.05) is 6.92 Å². The average Bonchev–Trinajstić information content (AvgIpc) is 1.85. The molecule has 1 amide bonds. The van der Waals surface area contributed by atoms with E-state index in [0.29, 0.717) is 6.61 Å². The zero-order valence-corrected chi connectivity index (χ0v) is 5.73. The van der Waals surface area contributed by atoms with Crippen molar-refractivity contribution in [3.8, 4) is 0 Å². The fourth-order valence-electron chi connectivity index (χ4n) is 0.333. The zero-order chi connectivity index (χ0) is 7.11. The van der Waals surface area contributed by atoms with Gasteiger partial charge in [-0.2, -0.15) is 0 Å². The largest absolute Gasteiger partial charge is 0.449 e. The number of hydrogen-bond acceptors (Lipinski definition) is 3. The minimum Gasteiger partial charge on any atom is -0.449 e. The summed E-state index contributed by atoms with van der Waals surface area (Å²) in [5, 5.41) is 0. The molecule has 0 saturated carbocycles. The lowest BCUT2D eigenvalue weighted by atomic mass is 10.5. The first-order valence-electron chi connectivity index (χ1n) is 2.90. The number of rotatable bonds is 3. The van der Waals surface area contributed by atoms with Crippen molar-refractivity contribution >= 4 is 6.09 Å². The summed E-state index contributed by atoms with van der Waals surface area (Å²) in [4.78, 5) is 10.4. The zero-order valence-electron chi connectivity index (χ0n) is 5.73. The van der Waals surface area contributed by atoms with Crippen LogP contribution < -0.4 is 10.9 Å². The molecule has 0 aromatic carbocycles. The van der Waals surface area contributed by atoms with Gasteiger partial charge in [0.05, 0.1) is 6.61 Å². The van der Waals surface area contributed by atoms with Gasteiger partial charge >= 0.3 is 6.09 Å².